The van der Waals surface area contributed by atoms with Gasteiger partial charge in [0.05, 0.1) is 24.5 Å². The maximum absolute atomic E-state index is 13.3. The molecule has 3 amide bonds. The van der Waals surface area contributed by atoms with Gasteiger partial charge in [0.15, 0.2) is 0 Å². The number of rotatable bonds is 11. The number of morpholine rings is 1. The molecule has 0 spiro atoms. The highest BCUT2D eigenvalue weighted by molar-refractivity contribution is 7.99. The number of amides is 3. The minimum Gasteiger partial charge on any atom is -0.456 e. The summed E-state index contributed by atoms with van der Waals surface area (Å²) >= 11 is 1.32. The maximum atomic E-state index is 13.3. The Morgan fingerprint density at radius 3 is 2.28 bits per heavy atom. The molecule has 0 radical (unpaired) electrons. The lowest BCUT2D eigenvalue weighted by molar-refractivity contribution is -0.140. The molecule has 1 saturated heterocycles. The van der Waals surface area contributed by atoms with E-state index in [0.29, 0.717) is 48.3 Å². The van der Waals surface area contributed by atoms with Crippen molar-refractivity contribution in [2.75, 3.05) is 44.3 Å². The second kappa shape index (κ2) is 16.3. The van der Waals surface area contributed by atoms with E-state index in [1.165, 1.54) is 11.8 Å². The summed E-state index contributed by atoms with van der Waals surface area (Å²) in [5.41, 5.74) is 8.15. The number of nitrogens with zero attached hydrogens (tertiary/aromatic N) is 3. The van der Waals surface area contributed by atoms with E-state index in [0.717, 1.165) is 16.7 Å². The number of ether oxygens (including phenoxy) is 3. The van der Waals surface area contributed by atoms with E-state index in [2.05, 4.69) is 20.6 Å². The highest BCUT2D eigenvalue weighted by atomic mass is 32.2. The Morgan fingerprint density at radius 2 is 1.64 bits per heavy atom. The standard InChI is InChI=1S/C33H48N6O7S/c1-20-17-21(2)23(29(42)45-32(3,4)5)18-22(20)25-19-27(38-30(34)37-25)47-16-10-26(40)36-24(28(41)39-12-14-44-15-13-39)9-11-35-31(43)46-33(6,7)8/h17-19,24H,9-16H2,1-8H3,(H,35,43)(H,36,40)(H2,34,37,38). The van der Waals surface area contributed by atoms with E-state index < -0.39 is 29.3 Å². The number of hydrogen-bond donors (Lipinski definition) is 3. The first-order chi connectivity index (χ1) is 21.9. The number of hydrogen-bond acceptors (Lipinski definition) is 11. The van der Waals surface area contributed by atoms with E-state index in [1.807, 2.05) is 40.7 Å². The zero-order chi connectivity index (χ0) is 34.9. The first-order valence-corrected chi connectivity index (χ1v) is 16.7. The molecule has 2 heterocycles. The Kier molecular flexibility index (Phi) is 13.0. The van der Waals surface area contributed by atoms with Crippen LogP contribution in [-0.4, -0.2) is 94.6 Å². The van der Waals surface area contributed by atoms with Gasteiger partial charge >= 0.3 is 12.1 Å². The van der Waals surface area contributed by atoms with Crippen molar-refractivity contribution in [3.63, 3.8) is 0 Å². The van der Waals surface area contributed by atoms with Crippen molar-refractivity contribution in [1.29, 1.82) is 0 Å². The van der Waals surface area contributed by atoms with Crippen LogP contribution >= 0.6 is 11.8 Å². The molecule has 1 fully saturated rings. The number of carbonyl (C=O) groups is 4. The molecule has 1 atom stereocenters. The zero-order valence-electron chi connectivity index (χ0n) is 28.7. The summed E-state index contributed by atoms with van der Waals surface area (Å²) in [4.78, 5) is 61.7. The molecule has 1 unspecified atom stereocenters. The minimum atomic E-state index is -0.828. The number of esters is 1. The summed E-state index contributed by atoms with van der Waals surface area (Å²) in [6.07, 6.45) is -0.299. The molecule has 3 rings (SSSR count). The average Bonchev–Trinajstić information content (AvgIpc) is 2.94. The molecular weight excluding hydrogens is 624 g/mol. The normalized spacial score (nSPS) is 14.3. The predicted octanol–water partition coefficient (Wildman–Crippen LogP) is 4.04. The molecule has 13 nitrogen and oxygen atoms in total. The van der Waals surface area contributed by atoms with Crippen LogP contribution in [0.3, 0.4) is 0 Å². The van der Waals surface area contributed by atoms with E-state index in [9.17, 15) is 19.2 Å². The largest absolute Gasteiger partial charge is 0.456 e. The van der Waals surface area contributed by atoms with E-state index in [-0.39, 0.29) is 37.1 Å². The SMILES string of the molecule is Cc1cc(C)c(-c2cc(SCCC(=O)NC(CCNC(=O)OC(C)(C)C)C(=O)N3CCOCC3)nc(N)n2)cc1C(=O)OC(C)(C)C. The van der Waals surface area contributed by atoms with Gasteiger partial charge in [0, 0.05) is 37.4 Å². The van der Waals surface area contributed by atoms with Crippen LogP contribution in [0.5, 0.6) is 0 Å². The first-order valence-electron chi connectivity index (χ1n) is 15.7. The van der Waals surface area contributed by atoms with Crippen molar-refractivity contribution in [2.24, 2.45) is 0 Å². The number of nitrogens with two attached hydrogens (primary N) is 1. The fourth-order valence-electron chi connectivity index (χ4n) is 4.74. The molecule has 4 N–H and O–H groups in total. The van der Waals surface area contributed by atoms with Gasteiger partial charge in [-0.25, -0.2) is 19.6 Å². The van der Waals surface area contributed by atoms with Gasteiger partial charge in [-0.05, 0) is 85.1 Å². The van der Waals surface area contributed by atoms with Crippen LogP contribution in [0.1, 0.15) is 75.9 Å². The summed E-state index contributed by atoms with van der Waals surface area (Å²) in [6, 6.07) is 4.60. The molecular formula is C33H48N6O7S. The lowest BCUT2D eigenvalue weighted by Crippen LogP contribution is -2.52. The van der Waals surface area contributed by atoms with Gasteiger partial charge in [-0.15, -0.1) is 11.8 Å². The lowest BCUT2D eigenvalue weighted by atomic mass is 9.97. The molecule has 0 bridgehead atoms. The Hall–Kier alpha value is -3.91. The maximum Gasteiger partial charge on any atom is 0.407 e. The van der Waals surface area contributed by atoms with Gasteiger partial charge < -0.3 is 35.5 Å². The van der Waals surface area contributed by atoms with Crippen LogP contribution in [0.2, 0.25) is 0 Å². The number of thioether (sulfide) groups is 1. The third-order valence-corrected chi connectivity index (χ3v) is 7.74. The second-order valence-electron chi connectivity index (χ2n) is 13.3. The van der Waals surface area contributed by atoms with Gasteiger partial charge in [0.1, 0.15) is 22.3 Å². The Labute approximate surface area is 281 Å². The fourth-order valence-corrected chi connectivity index (χ4v) is 5.59. The molecule has 258 valence electrons. The van der Waals surface area contributed by atoms with Gasteiger partial charge in [-0.1, -0.05) is 6.07 Å². The van der Waals surface area contributed by atoms with Gasteiger partial charge in [-0.2, -0.15) is 0 Å². The number of nitrogens with one attached hydrogen (secondary N) is 2. The number of benzene rings is 1. The number of aromatic nitrogens is 2. The van der Waals surface area contributed by atoms with E-state index >= 15 is 0 Å². The van der Waals surface area contributed by atoms with Crippen molar-refractivity contribution >= 4 is 41.6 Å². The van der Waals surface area contributed by atoms with Crippen molar-refractivity contribution in [1.82, 2.24) is 25.5 Å². The van der Waals surface area contributed by atoms with Crippen molar-refractivity contribution in [3.05, 3.63) is 34.9 Å². The molecule has 2 aromatic rings. The third-order valence-electron chi connectivity index (χ3n) is 6.82. The summed E-state index contributed by atoms with van der Waals surface area (Å²) in [5, 5.41) is 6.05. The number of nitrogen functional groups attached to an aromatic ring is 1. The molecule has 0 saturated carbocycles. The Morgan fingerprint density at radius 1 is 0.979 bits per heavy atom. The van der Waals surface area contributed by atoms with Crippen LogP contribution in [-0.2, 0) is 23.8 Å². The van der Waals surface area contributed by atoms with E-state index in [4.69, 9.17) is 19.9 Å². The Bertz CT molecular complexity index is 1450. The third kappa shape index (κ3) is 12.3. The Balaban J connectivity index is 1.66. The summed E-state index contributed by atoms with van der Waals surface area (Å²) in [5.74, 6) is -0.564. The topological polar surface area (TPSA) is 175 Å². The number of aryl methyl sites for hydroxylation is 2. The van der Waals surface area contributed by atoms with Crippen LogP contribution < -0.4 is 16.4 Å². The summed E-state index contributed by atoms with van der Waals surface area (Å²) < 4.78 is 16.2. The average molecular weight is 673 g/mol. The van der Waals surface area contributed by atoms with Crippen molar-refractivity contribution in [2.45, 2.75) is 90.5 Å². The first kappa shape index (κ1) is 37.5. The quantitative estimate of drug-likeness (QED) is 0.179. The van der Waals surface area contributed by atoms with Gasteiger partial charge in [-0.3, -0.25) is 9.59 Å². The van der Waals surface area contributed by atoms with Gasteiger partial charge in [0.2, 0.25) is 17.8 Å². The molecule has 1 aromatic carbocycles. The zero-order valence-corrected chi connectivity index (χ0v) is 29.5. The monoisotopic (exact) mass is 672 g/mol. The van der Waals surface area contributed by atoms with Gasteiger partial charge in [0.25, 0.3) is 0 Å². The highest BCUT2D eigenvalue weighted by Crippen LogP contribution is 2.30. The number of anilines is 1. The lowest BCUT2D eigenvalue weighted by Gasteiger charge is -2.31. The van der Waals surface area contributed by atoms with Crippen LogP contribution in [0.15, 0.2) is 23.2 Å². The van der Waals surface area contributed by atoms with Crippen molar-refractivity contribution < 1.29 is 33.4 Å². The summed E-state index contributed by atoms with van der Waals surface area (Å²) in [6.45, 7) is 16.4. The minimum absolute atomic E-state index is 0.0573. The molecule has 14 heteroatoms. The highest BCUT2D eigenvalue weighted by Gasteiger charge is 2.28. The number of alkyl carbamates (subject to hydrolysis) is 1. The van der Waals surface area contributed by atoms with Crippen LogP contribution in [0, 0.1) is 13.8 Å². The smallest absolute Gasteiger partial charge is 0.407 e. The molecule has 47 heavy (non-hydrogen) atoms. The summed E-state index contributed by atoms with van der Waals surface area (Å²) in [7, 11) is 0. The van der Waals surface area contributed by atoms with E-state index in [1.54, 1.807) is 37.8 Å². The molecule has 0 aliphatic carbocycles. The number of carbonyl (C=O) groups excluding carboxylic acids is 4. The predicted molar refractivity (Wildman–Crippen MR) is 180 cm³/mol. The fraction of sp³-hybridized carbons (Fsp3) is 0.576. The van der Waals surface area contributed by atoms with Crippen LogP contribution in [0.25, 0.3) is 11.3 Å². The van der Waals surface area contributed by atoms with Crippen LogP contribution in [0.4, 0.5) is 10.7 Å². The molecule has 1 aromatic heterocycles. The molecule has 1 aliphatic heterocycles. The molecule has 1 aliphatic rings. The van der Waals surface area contributed by atoms with Crippen molar-refractivity contribution in [3.8, 4) is 11.3 Å². The second-order valence-corrected chi connectivity index (χ2v) is 14.4.